The molecule has 2 aromatic carbocycles. The van der Waals surface area contributed by atoms with Gasteiger partial charge in [-0.2, -0.15) is 0 Å². The van der Waals surface area contributed by atoms with Crippen LogP contribution in [0.3, 0.4) is 0 Å². The molecular formula is C15H9BrFNO6. The van der Waals surface area contributed by atoms with E-state index in [4.69, 9.17) is 14.2 Å². The number of rotatable bonds is 4. The maximum atomic E-state index is 13.0. The normalized spacial score (nSPS) is 12.1. The average molecular weight is 398 g/mol. The Balaban J connectivity index is 1.83. The van der Waals surface area contributed by atoms with Gasteiger partial charge in [-0.15, -0.1) is 0 Å². The minimum Gasteiger partial charge on any atom is -0.457 e. The number of carbonyl (C=O) groups excluding carboxylic acids is 1. The molecule has 3 rings (SSSR count). The highest BCUT2D eigenvalue weighted by Gasteiger charge is 2.28. The fourth-order valence-electron chi connectivity index (χ4n) is 2.11. The Morgan fingerprint density at radius 2 is 2.00 bits per heavy atom. The topological polar surface area (TPSA) is 87.9 Å². The molecule has 0 radical (unpaired) electrons. The van der Waals surface area contributed by atoms with Crippen LogP contribution >= 0.6 is 15.9 Å². The predicted molar refractivity (Wildman–Crippen MR) is 82.4 cm³/mol. The molecule has 1 heterocycles. The van der Waals surface area contributed by atoms with Gasteiger partial charge in [0.2, 0.25) is 6.79 Å². The minimum absolute atomic E-state index is 0.0759. The van der Waals surface area contributed by atoms with Gasteiger partial charge >= 0.3 is 5.97 Å². The standard InChI is InChI=1S/C15H9BrFNO6/c16-11-3-9(17)2-1-8(11)6-22-15(19)10-4-13-14(24-7-23-13)5-12(10)18(20)21/h1-5H,6-7H2. The third kappa shape index (κ3) is 3.16. The highest BCUT2D eigenvalue weighted by atomic mass is 79.9. The Kier molecular flexibility index (Phi) is 4.34. The van der Waals surface area contributed by atoms with Crippen LogP contribution in [0.15, 0.2) is 34.8 Å². The zero-order valence-electron chi connectivity index (χ0n) is 12.0. The number of hydrogen-bond acceptors (Lipinski definition) is 6. The van der Waals surface area contributed by atoms with Crippen molar-refractivity contribution < 1.29 is 28.3 Å². The monoisotopic (exact) mass is 397 g/mol. The fourth-order valence-corrected chi connectivity index (χ4v) is 2.57. The molecule has 0 atom stereocenters. The molecule has 0 bridgehead atoms. The van der Waals surface area contributed by atoms with Crippen molar-refractivity contribution in [3.05, 3.63) is 61.9 Å². The molecule has 0 saturated carbocycles. The Labute approximate surface area is 143 Å². The van der Waals surface area contributed by atoms with Gasteiger partial charge in [-0.25, -0.2) is 9.18 Å². The number of benzene rings is 2. The minimum atomic E-state index is -0.892. The second kappa shape index (κ2) is 6.44. The molecule has 0 fully saturated rings. The van der Waals surface area contributed by atoms with Gasteiger partial charge in [-0.05, 0) is 12.1 Å². The van der Waals surface area contributed by atoms with Crippen LogP contribution in [0, 0.1) is 15.9 Å². The van der Waals surface area contributed by atoms with Crippen LogP contribution in [0.5, 0.6) is 11.5 Å². The smallest absolute Gasteiger partial charge is 0.345 e. The second-order valence-corrected chi connectivity index (χ2v) is 5.65. The quantitative estimate of drug-likeness (QED) is 0.445. The summed E-state index contributed by atoms with van der Waals surface area (Å²) < 4.78 is 28.7. The molecular weight excluding hydrogens is 389 g/mol. The highest BCUT2D eigenvalue weighted by molar-refractivity contribution is 9.10. The summed E-state index contributed by atoms with van der Waals surface area (Å²) in [6.07, 6.45) is 0. The van der Waals surface area contributed by atoms with E-state index in [1.807, 2.05) is 0 Å². The largest absolute Gasteiger partial charge is 0.457 e. The lowest BCUT2D eigenvalue weighted by Gasteiger charge is -2.08. The van der Waals surface area contributed by atoms with E-state index in [0.29, 0.717) is 10.0 Å². The molecule has 0 N–H and O–H groups in total. The van der Waals surface area contributed by atoms with Crippen molar-refractivity contribution in [3.8, 4) is 11.5 Å². The first-order valence-electron chi connectivity index (χ1n) is 6.65. The average Bonchev–Trinajstić information content (AvgIpc) is 2.99. The van der Waals surface area contributed by atoms with Crippen LogP contribution in [0.4, 0.5) is 10.1 Å². The molecule has 1 aliphatic rings. The number of carbonyl (C=O) groups is 1. The van der Waals surface area contributed by atoms with Crippen molar-refractivity contribution in [2.24, 2.45) is 0 Å². The lowest BCUT2D eigenvalue weighted by atomic mass is 10.1. The van der Waals surface area contributed by atoms with E-state index in [9.17, 15) is 19.3 Å². The van der Waals surface area contributed by atoms with Gasteiger partial charge in [0.1, 0.15) is 18.0 Å². The van der Waals surface area contributed by atoms with E-state index < -0.39 is 22.4 Å². The molecule has 0 aromatic heterocycles. The van der Waals surface area contributed by atoms with E-state index in [2.05, 4.69) is 15.9 Å². The van der Waals surface area contributed by atoms with Crippen LogP contribution in [-0.2, 0) is 11.3 Å². The number of ether oxygens (including phenoxy) is 3. The Bertz CT molecular complexity index is 841. The Morgan fingerprint density at radius 3 is 2.67 bits per heavy atom. The molecule has 9 heteroatoms. The summed E-state index contributed by atoms with van der Waals surface area (Å²) >= 11 is 3.16. The summed E-state index contributed by atoms with van der Waals surface area (Å²) in [5.74, 6) is -0.908. The summed E-state index contributed by atoms with van der Waals surface area (Å²) in [6, 6.07) is 6.22. The Hall–Kier alpha value is -2.68. The van der Waals surface area contributed by atoms with Crippen molar-refractivity contribution in [2.45, 2.75) is 6.61 Å². The summed E-state index contributed by atoms with van der Waals surface area (Å²) in [7, 11) is 0. The number of nitro benzene ring substituents is 1. The van der Waals surface area contributed by atoms with Crippen molar-refractivity contribution in [3.63, 3.8) is 0 Å². The first kappa shape index (κ1) is 16.2. The Morgan fingerprint density at radius 1 is 1.29 bits per heavy atom. The van der Waals surface area contributed by atoms with Gasteiger partial charge in [-0.3, -0.25) is 10.1 Å². The lowest BCUT2D eigenvalue weighted by molar-refractivity contribution is -0.385. The fraction of sp³-hybridized carbons (Fsp3) is 0.133. The van der Waals surface area contributed by atoms with Crippen LogP contribution < -0.4 is 9.47 Å². The molecule has 0 aliphatic carbocycles. The maximum absolute atomic E-state index is 13.0. The molecule has 0 spiro atoms. The predicted octanol–water partition coefficient (Wildman–Crippen LogP) is 3.58. The number of fused-ring (bicyclic) bond motifs is 1. The summed E-state index contributed by atoms with van der Waals surface area (Å²) in [6.45, 7) is -0.251. The van der Waals surface area contributed by atoms with Gasteiger partial charge in [0.25, 0.3) is 5.69 Å². The highest BCUT2D eigenvalue weighted by Crippen LogP contribution is 2.38. The zero-order valence-corrected chi connectivity index (χ0v) is 13.5. The molecule has 7 nitrogen and oxygen atoms in total. The number of nitrogens with zero attached hydrogens (tertiary/aromatic N) is 1. The van der Waals surface area contributed by atoms with E-state index in [-0.39, 0.29) is 30.5 Å². The van der Waals surface area contributed by atoms with E-state index in [1.54, 1.807) is 0 Å². The maximum Gasteiger partial charge on any atom is 0.345 e. The third-order valence-electron chi connectivity index (χ3n) is 3.28. The van der Waals surface area contributed by atoms with Crippen LogP contribution in [0.2, 0.25) is 0 Å². The van der Waals surface area contributed by atoms with Gasteiger partial charge in [0.15, 0.2) is 11.5 Å². The van der Waals surface area contributed by atoms with Crippen LogP contribution in [-0.4, -0.2) is 17.7 Å². The number of esters is 1. The van der Waals surface area contributed by atoms with Crippen molar-refractivity contribution in [1.29, 1.82) is 0 Å². The van der Waals surface area contributed by atoms with Crippen molar-refractivity contribution in [1.82, 2.24) is 0 Å². The summed E-state index contributed by atoms with van der Waals surface area (Å²) in [4.78, 5) is 22.7. The molecule has 24 heavy (non-hydrogen) atoms. The van der Waals surface area contributed by atoms with E-state index in [1.165, 1.54) is 24.3 Å². The summed E-state index contributed by atoms with van der Waals surface area (Å²) in [5.41, 5.74) is -0.168. The zero-order chi connectivity index (χ0) is 17.3. The van der Waals surface area contributed by atoms with Crippen molar-refractivity contribution in [2.75, 3.05) is 6.79 Å². The van der Waals surface area contributed by atoms with Gasteiger partial charge in [0.05, 0.1) is 11.0 Å². The number of halogens is 2. The molecule has 2 aromatic rings. The lowest BCUT2D eigenvalue weighted by Crippen LogP contribution is -2.08. The van der Waals surface area contributed by atoms with Gasteiger partial charge < -0.3 is 14.2 Å². The van der Waals surface area contributed by atoms with Crippen LogP contribution in [0.1, 0.15) is 15.9 Å². The first-order chi connectivity index (χ1) is 11.5. The van der Waals surface area contributed by atoms with Gasteiger partial charge in [-0.1, -0.05) is 22.0 Å². The number of nitro groups is 1. The molecule has 0 amide bonds. The molecule has 0 saturated heterocycles. The van der Waals surface area contributed by atoms with E-state index in [0.717, 1.165) is 6.07 Å². The molecule has 0 unspecified atom stereocenters. The SMILES string of the molecule is O=C(OCc1ccc(F)cc1Br)c1cc2c(cc1[N+](=O)[O-])OCO2. The first-order valence-corrected chi connectivity index (χ1v) is 7.44. The van der Waals surface area contributed by atoms with Gasteiger partial charge in [0, 0.05) is 16.1 Å². The summed E-state index contributed by atoms with van der Waals surface area (Å²) in [5, 5.41) is 11.1. The number of hydrogen-bond donors (Lipinski definition) is 0. The third-order valence-corrected chi connectivity index (χ3v) is 4.02. The van der Waals surface area contributed by atoms with Crippen LogP contribution in [0.25, 0.3) is 0 Å². The molecule has 1 aliphatic heterocycles. The van der Waals surface area contributed by atoms with Crippen molar-refractivity contribution >= 4 is 27.6 Å². The van der Waals surface area contributed by atoms with E-state index >= 15 is 0 Å². The molecule has 124 valence electrons. The second-order valence-electron chi connectivity index (χ2n) is 4.79.